The minimum absolute atomic E-state index is 0.00508. The van der Waals surface area contributed by atoms with Crippen molar-refractivity contribution in [3.05, 3.63) is 52.0 Å². The molecule has 0 atom stereocenters. The molecule has 0 saturated heterocycles. The molecular formula is C18H17Cl2N3O4. The van der Waals surface area contributed by atoms with E-state index in [4.69, 9.17) is 27.9 Å². The molecule has 0 spiro atoms. The number of hydrogen-bond donors (Lipinski definition) is 3. The second-order valence-electron chi connectivity index (χ2n) is 5.40. The standard InChI is InChI=1S/C18H17Cl2N3O4/c1-27-16-8-11(2-5-15(16)24)10-21-23-18(26)7-6-17(25)22-14-4-3-12(19)9-13(14)20/h2-5,8-10,24H,6-7H2,1H3,(H,22,25)(H,23,26)/b21-10+. The highest BCUT2D eigenvalue weighted by atomic mass is 35.5. The van der Waals surface area contributed by atoms with E-state index in [-0.39, 0.29) is 24.5 Å². The van der Waals surface area contributed by atoms with E-state index in [1.807, 2.05) is 0 Å². The molecule has 0 radical (unpaired) electrons. The molecule has 2 amide bonds. The van der Waals surface area contributed by atoms with E-state index < -0.39 is 5.91 Å². The fraction of sp³-hybridized carbons (Fsp3) is 0.167. The van der Waals surface area contributed by atoms with Crippen molar-refractivity contribution in [3.63, 3.8) is 0 Å². The van der Waals surface area contributed by atoms with Crippen molar-refractivity contribution < 1.29 is 19.4 Å². The van der Waals surface area contributed by atoms with E-state index in [0.717, 1.165) is 0 Å². The fourth-order valence-corrected chi connectivity index (χ4v) is 2.50. The lowest BCUT2D eigenvalue weighted by atomic mass is 10.2. The third kappa shape index (κ3) is 6.47. The van der Waals surface area contributed by atoms with Gasteiger partial charge in [-0.2, -0.15) is 5.10 Å². The van der Waals surface area contributed by atoms with Crippen LogP contribution in [0.15, 0.2) is 41.5 Å². The van der Waals surface area contributed by atoms with Crippen molar-refractivity contribution >= 4 is 46.9 Å². The lowest BCUT2D eigenvalue weighted by molar-refractivity contribution is -0.124. The number of phenols is 1. The van der Waals surface area contributed by atoms with Gasteiger partial charge in [0.15, 0.2) is 11.5 Å². The van der Waals surface area contributed by atoms with Gasteiger partial charge in [-0.05, 0) is 42.0 Å². The van der Waals surface area contributed by atoms with E-state index in [0.29, 0.717) is 27.0 Å². The number of anilines is 1. The molecule has 0 aliphatic heterocycles. The van der Waals surface area contributed by atoms with Crippen LogP contribution in [0.3, 0.4) is 0 Å². The summed E-state index contributed by atoms with van der Waals surface area (Å²) in [6.45, 7) is 0. The topological polar surface area (TPSA) is 100 Å². The average Bonchev–Trinajstić information content (AvgIpc) is 2.63. The molecule has 3 N–H and O–H groups in total. The quantitative estimate of drug-likeness (QED) is 0.480. The Hall–Kier alpha value is -2.77. The molecule has 142 valence electrons. The number of carbonyl (C=O) groups is 2. The Morgan fingerprint density at radius 2 is 1.89 bits per heavy atom. The summed E-state index contributed by atoms with van der Waals surface area (Å²) in [5.74, 6) is -0.482. The summed E-state index contributed by atoms with van der Waals surface area (Å²) in [6.07, 6.45) is 1.31. The first kappa shape index (κ1) is 20.5. The smallest absolute Gasteiger partial charge is 0.240 e. The zero-order chi connectivity index (χ0) is 19.8. The van der Waals surface area contributed by atoms with E-state index in [1.54, 1.807) is 24.3 Å². The number of aromatic hydroxyl groups is 1. The minimum atomic E-state index is -0.422. The highest BCUT2D eigenvalue weighted by Crippen LogP contribution is 2.26. The second kappa shape index (κ2) is 9.80. The van der Waals surface area contributed by atoms with Crippen LogP contribution in [0, 0.1) is 0 Å². The Labute approximate surface area is 165 Å². The molecule has 0 saturated carbocycles. The summed E-state index contributed by atoms with van der Waals surface area (Å²) in [7, 11) is 1.43. The van der Waals surface area contributed by atoms with Crippen LogP contribution in [-0.2, 0) is 9.59 Å². The predicted molar refractivity (Wildman–Crippen MR) is 105 cm³/mol. The predicted octanol–water partition coefficient (Wildman–Crippen LogP) is 3.58. The second-order valence-corrected chi connectivity index (χ2v) is 6.24. The first-order chi connectivity index (χ1) is 12.9. The molecule has 0 aromatic heterocycles. The molecule has 27 heavy (non-hydrogen) atoms. The number of amides is 2. The summed E-state index contributed by atoms with van der Waals surface area (Å²) in [5, 5.41) is 16.7. The highest BCUT2D eigenvalue weighted by Gasteiger charge is 2.09. The lowest BCUT2D eigenvalue weighted by Gasteiger charge is -2.07. The Balaban J connectivity index is 1.79. The summed E-state index contributed by atoms with van der Waals surface area (Å²) < 4.78 is 4.98. The van der Waals surface area contributed by atoms with Crippen molar-refractivity contribution in [1.29, 1.82) is 0 Å². The normalized spacial score (nSPS) is 10.6. The number of halogens is 2. The molecule has 0 fully saturated rings. The minimum Gasteiger partial charge on any atom is -0.504 e. The van der Waals surface area contributed by atoms with E-state index in [2.05, 4.69) is 15.8 Å². The number of carbonyl (C=O) groups excluding carboxylic acids is 2. The first-order valence-corrected chi connectivity index (χ1v) is 8.58. The number of methoxy groups -OCH3 is 1. The lowest BCUT2D eigenvalue weighted by Crippen LogP contribution is -2.20. The molecule has 7 nitrogen and oxygen atoms in total. The van der Waals surface area contributed by atoms with Crippen LogP contribution in [0.1, 0.15) is 18.4 Å². The largest absolute Gasteiger partial charge is 0.504 e. The Morgan fingerprint density at radius 3 is 2.59 bits per heavy atom. The summed E-state index contributed by atoms with van der Waals surface area (Å²) >= 11 is 11.8. The van der Waals surface area contributed by atoms with Crippen LogP contribution < -0.4 is 15.5 Å². The van der Waals surface area contributed by atoms with Gasteiger partial charge in [-0.25, -0.2) is 5.43 Å². The maximum atomic E-state index is 11.9. The van der Waals surface area contributed by atoms with Gasteiger partial charge < -0.3 is 15.2 Å². The van der Waals surface area contributed by atoms with Crippen LogP contribution in [0.2, 0.25) is 10.0 Å². The molecule has 2 aromatic rings. The monoisotopic (exact) mass is 409 g/mol. The van der Waals surface area contributed by atoms with Crippen molar-refractivity contribution in [2.24, 2.45) is 5.10 Å². The molecule has 2 aromatic carbocycles. The van der Waals surface area contributed by atoms with Crippen molar-refractivity contribution in [3.8, 4) is 11.5 Å². The molecule has 0 aliphatic carbocycles. The number of hydrazone groups is 1. The molecular weight excluding hydrogens is 393 g/mol. The van der Waals surface area contributed by atoms with Crippen LogP contribution in [0.5, 0.6) is 11.5 Å². The van der Waals surface area contributed by atoms with Crippen LogP contribution in [0.4, 0.5) is 5.69 Å². The fourth-order valence-electron chi connectivity index (χ4n) is 2.04. The van der Waals surface area contributed by atoms with Crippen LogP contribution in [-0.4, -0.2) is 30.2 Å². The van der Waals surface area contributed by atoms with E-state index >= 15 is 0 Å². The third-order valence-corrected chi connectivity index (χ3v) is 3.94. The first-order valence-electron chi connectivity index (χ1n) is 7.83. The average molecular weight is 410 g/mol. The van der Waals surface area contributed by atoms with E-state index in [1.165, 1.54) is 25.5 Å². The third-order valence-electron chi connectivity index (χ3n) is 3.39. The van der Waals surface area contributed by atoms with Crippen LogP contribution >= 0.6 is 23.2 Å². The SMILES string of the molecule is COc1cc(/C=N/NC(=O)CCC(=O)Nc2ccc(Cl)cc2Cl)ccc1O. The van der Waals surface area contributed by atoms with Crippen LogP contribution in [0.25, 0.3) is 0 Å². The van der Waals surface area contributed by atoms with Crippen molar-refractivity contribution in [1.82, 2.24) is 5.43 Å². The number of nitrogens with one attached hydrogen (secondary N) is 2. The number of phenolic OH excluding ortho intramolecular Hbond substituents is 1. The number of benzene rings is 2. The summed E-state index contributed by atoms with van der Waals surface area (Å²) in [6, 6.07) is 9.32. The number of ether oxygens (including phenoxy) is 1. The zero-order valence-corrected chi connectivity index (χ0v) is 15.8. The maximum absolute atomic E-state index is 11.9. The number of rotatable bonds is 7. The van der Waals surface area contributed by atoms with Gasteiger partial charge in [-0.3, -0.25) is 9.59 Å². The van der Waals surface area contributed by atoms with Crippen molar-refractivity contribution in [2.75, 3.05) is 12.4 Å². The molecule has 2 rings (SSSR count). The van der Waals surface area contributed by atoms with E-state index in [9.17, 15) is 14.7 Å². The molecule has 0 unspecified atom stereocenters. The van der Waals surface area contributed by atoms with Crippen molar-refractivity contribution in [2.45, 2.75) is 12.8 Å². The van der Waals surface area contributed by atoms with Gasteiger partial charge in [-0.1, -0.05) is 23.2 Å². The van der Waals surface area contributed by atoms with Gasteiger partial charge in [0, 0.05) is 17.9 Å². The van der Waals surface area contributed by atoms with Gasteiger partial charge >= 0.3 is 0 Å². The molecule has 0 aliphatic rings. The zero-order valence-electron chi connectivity index (χ0n) is 14.3. The molecule has 9 heteroatoms. The number of nitrogens with zero attached hydrogens (tertiary/aromatic N) is 1. The van der Waals surface area contributed by atoms with Gasteiger partial charge in [-0.15, -0.1) is 0 Å². The molecule has 0 bridgehead atoms. The maximum Gasteiger partial charge on any atom is 0.240 e. The summed E-state index contributed by atoms with van der Waals surface area (Å²) in [5.41, 5.74) is 3.37. The van der Waals surface area contributed by atoms with Gasteiger partial charge in [0.05, 0.1) is 24.0 Å². The Morgan fingerprint density at radius 1 is 1.15 bits per heavy atom. The summed E-state index contributed by atoms with van der Waals surface area (Å²) in [4.78, 5) is 23.7. The Bertz CT molecular complexity index is 872. The van der Waals surface area contributed by atoms with Gasteiger partial charge in [0.2, 0.25) is 11.8 Å². The van der Waals surface area contributed by atoms with Gasteiger partial charge in [0.25, 0.3) is 0 Å². The number of hydrogen-bond acceptors (Lipinski definition) is 5. The molecule has 0 heterocycles. The Kier molecular flexibility index (Phi) is 7.45. The highest BCUT2D eigenvalue weighted by molar-refractivity contribution is 6.36. The van der Waals surface area contributed by atoms with Gasteiger partial charge in [0.1, 0.15) is 0 Å².